The van der Waals surface area contributed by atoms with Crippen molar-refractivity contribution in [2.45, 2.75) is 0 Å². The average molecular weight is 144 g/mol. The molecule has 0 aliphatic carbocycles. The number of hydrogen-bond donors (Lipinski definition) is 2. The van der Waals surface area contributed by atoms with Crippen molar-refractivity contribution >= 4 is 5.91 Å². The Balaban J connectivity index is 2.33. The van der Waals surface area contributed by atoms with E-state index in [2.05, 4.69) is 5.32 Å². The fraction of sp³-hybridized carbons (Fsp3) is 0.833. The highest BCUT2D eigenvalue weighted by Crippen LogP contribution is 1.96. The van der Waals surface area contributed by atoms with Crippen LogP contribution in [-0.2, 0) is 9.53 Å². The fourth-order valence-corrected chi connectivity index (χ4v) is 0.838. The largest absolute Gasteiger partial charge is 0.371 e. The molecule has 0 radical (unpaired) electrons. The van der Waals surface area contributed by atoms with Gasteiger partial charge in [-0.1, -0.05) is 0 Å². The van der Waals surface area contributed by atoms with Crippen LogP contribution in [-0.4, -0.2) is 32.2 Å². The lowest BCUT2D eigenvalue weighted by Gasteiger charge is -2.08. The molecule has 1 saturated heterocycles. The normalized spacial score (nSPS) is 27.3. The Morgan fingerprint density at radius 3 is 3.30 bits per heavy atom. The maximum Gasteiger partial charge on any atom is 0.246 e. The summed E-state index contributed by atoms with van der Waals surface area (Å²) >= 11 is 0. The van der Waals surface area contributed by atoms with Gasteiger partial charge in [0.05, 0.1) is 6.61 Å². The van der Waals surface area contributed by atoms with Crippen LogP contribution in [0.4, 0.5) is 0 Å². The minimum absolute atomic E-state index is 0.0454. The number of amides is 1. The molecule has 58 valence electrons. The molecule has 4 nitrogen and oxygen atoms in total. The van der Waals surface area contributed by atoms with Crippen LogP contribution in [0.15, 0.2) is 0 Å². The molecule has 0 aromatic heterocycles. The van der Waals surface area contributed by atoms with Gasteiger partial charge in [-0.25, -0.2) is 0 Å². The number of rotatable bonds is 1. The molecule has 4 heteroatoms. The topological polar surface area (TPSA) is 64.3 Å². The van der Waals surface area contributed by atoms with Crippen LogP contribution in [0.1, 0.15) is 0 Å². The van der Waals surface area contributed by atoms with Crippen molar-refractivity contribution in [1.29, 1.82) is 0 Å². The molecule has 0 spiro atoms. The van der Waals surface area contributed by atoms with Crippen molar-refractivity contribution in [3.8, 4) is 0 Å². The number of nitrogens with two attached hydrogens (primary N) is 1. The molecule has 1 amide bonds. The molecule has 0 saturated carbocycles. The average Bonchev–Trinajstić information content (AvgIpc) is 2.14. The lowest BCUT2D eigenvalue weighted by atomic mass is 10.2. The first-order chi connectivity index (χ1) is 4.83. The molecule has 1 fully saturated rings. The third-order valence-corrected chi connectivity index (χ3v) is 1.51. The van der Waals surface area contributed by atoms with Crippen molar-refractivity contribution in [2.75, 3.05) is 26.3 Å². The Kier molecular flexibility index (Phi) is 2.65. The third kappa shape index (κ3) is 1.97. The SMILES string of the molecule is NCC1CNC(=O)COC1. The maximum absolute atomic E-state index is 10.7. The van der Waals surface area contributed by atoms with Crippen LogP contribution in [0.5, 0.6) is 0 Å². The highest BCUT2D eigenvalue weighted by Gasteiger charge is 2.13. The van der Waals surface area contributed by atoms with Gasteiger partial charge in [0.2, 0.25) is 5.91 Å². The smallest absolute Gasteiger partial charge is 0.246 e. The van der Waals surface area contributed by atoms with Crippen LogP contribution in [0, 0.1) is 5.92 Å². The minimum atomic E-state index is -0.0454. The Bertz CT molecular complexity index is 127. The molecule has 0 aromatic rings. The summed E-state index contributed by atoms with van der Waals surface area (Å²) in [6.07, 6.45) is 0. The van der Waals surface area contributed by atoms with Gasteiger partial charge in [0.1, 0.15) is 6.61 Å². The monoisotopic (exact) mass is 144 g/mol. The van der Waals surface area contributed by atoms with Gasteiger partial charge in [-0.05, 0) is 6.54 Å². The van der Waals surface area contributed by atoms with E-state index < -0.39 is 0 Å². The molecule has 1 rings (SSSR count). The van der Waals surface area contributed by atoms with Gasteiger partial charge >= 0.3 is 0 Å². The number of hydrogen-bond acceptors (Lipinski definition) is 3. The molecular weight excluding hydrogens is 132 g/mol. The van der Waals surface area contributed by atoms with Crippen LogP contribution in [0.3, 0.4) is 0 Å². The predicted octanol–water partition coefficient (Wildman–Crippen LogP) is -1.29. The molecule has 3 N–H and O–H groups in total. The van der Waals surface area contributed by atoms with E-state index in [0.29, 0.717) is 19.7 Å². The molecule has 10 heavy (non-hydrogen) atoms. The summed E-state index contributed by atoms with van der Waals surface area (Å²) < 4.78 is 5.02. The fourth-order valence-electron chi connectivity index (χ4n) is 0.838. The van der Waals surface area contributed by atoms with Gasteiger partial charge in [0.15, 0.2) is 0 Å². The van der Waals surface area contributed by atoms with Crippen LogP contribution < -0.4 is 11.1 Å². The molecule has 1 unspecified atom stereocenters. The van der Waals surface area contributed by atoms with Crippen molar-refractivity contribution in [2.24, 2.45) is 11.7 Å². The van der Waals surface area contributed by atoms with E-state index in [1.54, 1.807) is 0 Å². The van der Waals surface area contributed by atoms with Gasteiger partial charge < -0.3 is 15.8 Å². The van der Waals surface area contributed by atoms with E-state index in [4.69, 9.17) is 10.5 Å². The van der Waals surface area contributed by atoms with Gasteiger partial charge in [0.25, 0.3) is 0 Å². The molecule has 1 aliphatic rings. The molecule has 1 atom stereocenters. The first kappa shape index (κ1) is 7.50. The van der Waals surface area contributed by atoms with E-state index in [9.17, 15) is 4.79 Å². The van der Waals surface area contributed by atoms with Gasteiger partial charge in [0, 0.05) is 12.5 Å². The zero-order valence-electron chi connectivity index (χ0n) is 5.80. The second-order valence-electron chi connectivity index (χ2n) is 2.42. The van der Waals surface area contributed by atoms with E-state index in [0.717, 1.165) is 0 Å². The second-order valence-corrected chi connectivity index (χ2v) is 2.42. The number of carbonyl (C=O) groups is 1. The zero-order chi connectivity index (χ0) is 7.40. The summed E-state index contributed by atoms with van der Waals surface area (Å²) in [7, 11) is 0. The highest BCUT2D eigenvalue weighted by molar-refractivity contribution is 5.77. The number of carbonyl (C=O) groups excluding carboxylic acids is 1. The first-order valence-electron chi connectivity index (χ1n) is 3.37. The lowest BCUT2D eigenvalue weighted by molar-refractivity contribution is -0.124. The Morgan fingerprint density at radius 2 is 2.60 bits per heavy atom. The first-order valence-corrected chi connectivity index (χ1v) is 3.37. The van der Waals surface area contributed by atoms with Crippen molar-refractivity contribution in [1.82, 2.24) is 5.32 Å². The van der Waals surface area contributed by atoms with Gasteiger partial charge in [-0.15, -0.1) is 0 Å². The summed E-state index contributed by atoms with van der Waals surface area (Å²) in [5.41, 5.74) is 5.39. The Hall–Kier alpha value is -0.610. The summed E-state index contributed by atoms with van der Waals surface area (Å²) in [6.45, 7) is 1.99. The molecular formula is C6H12N2O2. The van der Waals surface area contributed by atoms with Gasteiger partial charge in [-0.3, -0.25) is 4.79 Å². The van der Waals surface area contributed by atoms with Gasteiger partial charge in [-0.2, -0.15) is 0 Å². The maximum atomic E-state index is 10.7. The van der Waals surface area contributed by atoms with Crippen LogP contribution >= 0.6 is 0 Å². The van der Waals surface area contributed by atoms with E-state index in [-0.39, 0.29) is 18.4 Å². The number of ether oxygens (including phenoxy) is 1. The van der Waals surface area contributed by atoms with Crippen LogP contribution in [0.25, 0.3) is 0 Å². The van der Waals surface area contributed by atoms with E-state index in [1.807, 2.05) is 0 Å². The summed E-state index contributed by atoms with van der Waals surface area (Å²) in [6, 6.07) is 0. The quantitative estimate of drug-likeness (QED) is 0.481. The van der Waals surface area contributed by atoms with Crippen molar-refractivity contribution < 1.29 is 9.53 Å². The summed E-state index contributed by atoms with van der Waals surface area (Å²) in [4.78, 5) is 10.7. The summed E-state index contributed by atoms with van der Waals surface area (Å²) in [5, 5.41) is 2.70. The zero-order valence-corrected chi connectivity index (χ0v) is 5.80. The van der Waals surface area contributed by atoms with E-state index >= 15 is 0 Å². The molecule has 1 aliphatic heterocycles. The number of nitrogens with one attached hydrogen (secondary N) is 1. The third-order valence-electron chi connectivity index (χ3n) is 1.51. The molecule has 1 heterocycles. The Morgan fingerprint density at radius 1 is 1.80 bits per heavy atom. The second kappa shape index (κ2) is 3.53. The van der Waals surface area contributed by atoms with Crippen molar-refractivity contribution in [3.05, 3.63) is 0 Å². The van der Waals surface area contributed by atoms with Crippen molar-refractivity contribution in [3.63, 3.8) is 0 Å². The highest BCUT2D eigenvalue weighted by atomic mass is 16.5. The standard InChI is InChI=1S/C6H12N2O2/c7-1-5-2-8-6(9)4-10-3-5/h5H,1-4,7H2,(H,8,9). The molecule has 0 aromatic carbocycles. The lowest BCUT2D eigenvalue weighted by Crippen LogP contribution is -2.31. The Labute approximate surface area is 59.7 Å². The minimum Gasteiger partial charge on any atom is -0.371 e. The van der Waals surface area contributed by atoms with Crippen LogP contribution in [0.2, 0.25) is 0 Å². The van der Waals surface area contributed by atoms with E-state index in [1.165, 1.54) is 0 Å². The molecule has 0 bridgehead atoms. The predicted molar refractivity (Wildman–Crippen MR) is 36.4 cm³/mol. The summed E-state index contributed by atoms with van der Waals surface area (Å²) in [5.74, 6) is 0.238.